The van der Waals surface area contributed by atoms with Gasteiger partial charge in [-0.1, -0.05) is 11.8 Å². The number of fused-ring (bicyclic) bond motifs is 2. The number of nitrogens with one attached hydrogen (secondary N) is 1. The molecule has 2 saturated heterocycles. The number of H-pyrrole nitrogens is 1. The van der Waals surface area contributed by atoms with Crippen LogP contribution in [0.15, 0.2) is 23.8 Å². The number of nitrogens with zero attached hydrogens (tertiary/aromatic N) is 7. The second-order valence-corrected chi connectivity index (χ2v) is 17.6. The highest BCUT2D eigenvalue weighted by atomic mass is 32.9. The number of alkyl halides is 1. The van der Waals surface area contributed by atoms with Gasteiger partial charge < -0.3 is 44.7 Å². The fraction of sp³-hybridized carbons (Fsp3) is 0.545. The van der Waals surface area contributed by atoms with E-state index in [1.807, 2.05) is 0 Å². The van der Waals surface area contributed by atoms with Gasteiger partial charge in [0.1, 0.15) is 48.0 Å². The van der Waals surface area contributed by atoms with Gasteiger partial charge >= 0.3 is 6.72 Å². The topological polar surface area (TPSA) is 255 Å². The summed E-state index contributed by atoms with van der Waals surface area (Å²) in [6, 6.07) is 0. The number of imidazole rings is 2. The lowest BCUT2D eigenvalue weighted by molar-refractivity contribution is -0.114. The third kappa shape index (κ3) is 6.57. The summed E-state index contributed by atoms with van der Waals surface area (Å²) in [6.45, 7) is -3.64. The number of aromatic amines is 1. The molecule has 10 atom stereocenters. The Kier molecular flexibility index (Phi) is 9.75. The number of aromatic nitrogens is 8. The summed E-state index contributed by atoms with van der Waals surface area (Å²) in [4.78, 5) is 46.4. The van der Waals surface area contributed by atoms with Crippen molar-refractivity contribution in [2.24, 2.45) is 0 Å². The molecule has 47 heavy (non-hydrogen) atoms. The molecule has 0 aromatic carbocycles. The first-order chi connectivity index (χ1) is 22.2. The molecule has 2 aliphatic heterocycles. The van der Waals surface area contributed by atoms with Gasteiger partial charge in [-0.2, -0.15) is 4.98 Å². The zero-order valence-corrected chi connectivity index (χ0v) is 28.7. The van der Waals surface area contributed by atoms with Crippen LogP contribution in [-0.2, 0) is 51.4 Å². The molecule has 6 heterocycles. The summed E-state index contributed by atoms with van der Waals surface area (Å²) < 4.78 is 53.0. The molecule has 0 amide bonds. The van der Waals surface area contributed by atoms with Gasteiger partial charge in [0.2, 0.25) is 5.95 Å². The van der Waals surface area contributed by atoms with Crippen LogP contribution in [0.5, 0.6) is 0 Å². The van der Waals surface area contributed by atoms with Gasteiger partial charge in [-0.25, -0.2) is 24.3 Å². The number of aliphatic hydroxyl groups is 1. The van der Waals surface area contributed by atoms with Crippen molar-refractivity contribution in [2.75, 3.05) is 31.8 Å². The average molecular weight is 755 g/mol. The van der Waals surface area contributed by atoms with E-state index < -0.39 is 73.7 Å². The summed E-state index contributed by atoms with van der Waals surface area (Å²) in [5.41, 5.74) is 9.94. The lowest BCUT2D eigenvalue weighted by atomic mass is 9.98. The minimum Gasteiger partial charge on any atom is -0.387 e. The molecule has 2 unspecified atom stereocenters. The van der Waals surface area contributed by atoms with Crippen molar-refractivity contribution in [2.45, 2.75) is 55.6 Å². The van der Waals surface area contributed by atoms with Crippen molar-refractivity contribution in [3.8, 4) is 0 Å². The summed E-state index contributed by atoms with van der Waals surface area (Å²) in [7, 11) is 1.38. The van der Waals surface area contributed by atoms with Crippen molar-refractivity contribution in [1.82, 2.24) is 39.0 Å². The van der Waals surface area contributed by atoms with Crippen LogP contribution in [0.25, 0.3) is 22.3 Å². The molecule has 0 aliphatic carbocycles. The quantitative estimate of drug-likeness (QED) is 0.0876. The molecule has 0 radical (unpaired) electrons. The Hall–Kier alpha value is -2.24. The standard InChI is InChI=1S/C22H29FN10O9P2S3/c1-22(14(34)13(37-2)20(41-22)32-6-28-10-15(24)26-5-27-16(10)32)4-39-44(36,47)42-12-9(23)8(3-38-43(45)46)40-19(12)33-7-29-11-17(33)30-21(25)31-18(11)35/h5-9,12-14,19-20,34,43H,3-4H2,1-2H3,(H,36,47)(H,45,46)(H2,24,26,27)(H3,25,30,31,35)/t8-,9+,12-,13-,14+,19-,20+,22-,44?/m1/s1. The Balaban J connectivity index is 1.24. The number of anilines is 2. The van der Waals surface area contributed by atoms with Crippen LogP contribution in [0, 0.1) is 0 Å². The number of methoxy groups -OCH3 is 1. The highest BCUT2D eigenvalue weighted by molar-refractivity contribution is 8.54. The van der Waals surface area contributed by atoms with E-state index in [0.29, 0.717) is 11.2 Å². The number of hydrogen-bond acceptors (Lipinski definition) is 17. The second-order valence-electron chi connectivity index (χ2n) is 10.7. The number of nitrogen functional groups attached to an aromatic ring is 2. The molecule has 6 rings (SSSR count). The summed E-state index contributed by atoms with van der Waals surface area (Å²) in [5, 5.41) is 11.3. The fourth-order valence-corrected chi connectivity index (χ4v) is 7.59. The normalized spacial score (nSPS) is 31.5. The number of hydrogen-bond donors (Lipinski definition) is 6. The highest BCUT2D eigenvalue weighted by Crippen LogP contribution is 2.52. The minimum absolute atomic E-state index is 0.0429. The molecule has 2 fully saturated rings. The van der Waals surface area contributed by atoms with Crippen molar-refractivity contribution >= 4 is 82.8 Å². The Morgan fingerprint density at radius 1 is 1.19 bits per heavy atom. The van der Waals surface area contributed by atoms with Gasteiger partial charge in [0.25, 0.3) is 5.56 Å². The lowest BCUT2D eigenvalue weighted by Gasteiger charge is -2.30. The molecule has 25 heteroatoms. The van der Waals surface area contributed by atoms with Crippen LogP contribution in [0.2, 0.25) is 0 Å². The third-order valence-corrected chi connectivity index (χ3v) is 10.4. The average Bonchev–Trinajstić information content (AvgIpc) is 3.76. The molecule has 0 spiro atoms. The van der Waals surface area contributed by atoms with Gasteiger partial charge in [0.15, 0.2) is 41.3 Å². The van der Waals surface area contributed by atoms with Crippen LogP contribution < -0.4 is 17.0 Å². The maximum Gasteiger partial charge on any atom is 0.325 e. The highest BCUT2D eigenvalue weighted by Gasteiger charge is 2.55. The molecular formula is C22H29FN10O9P2S3. The van der Waals surface area contributed by atoms with E-state index >= 15 is 4.39 Å². The van der Waals surface area contributed by atoms with Gasteiger partial charge in [-0.05, 0) is 18.7 Å². The summed E-state index contributed by atoms with van der Waals surface area (Å²) >= 11 is 14.3. The first-order valence-electron chi connectivity index (χ1n) is 13.6. The van der Waals surface area contributed by atoms with Crippen molar-refractivity contribution in [1.29, 1.82) is 0 Å². The predicted octanol–water partition coefficient (Wildman–Crippen LogP) is 0.0939. The number of aliphatic hydroxyl groups excluding tert-OH is 1. The van der Waals surface area contributed by atoms with Gasteiger partial charge in [0.05, 0.1) is 25.9 Å². The Bertz CT molecular complexity index is 1940. The number of rotatable bonds is 11. The zero-order valence-electron chi connectivity index (χ0n) is 24.3. The van der Waals surface area contributed by atoms with Crippen LogP contribution in [0.3, 0.4) is 0 Å². The third-order valence-electron chi connectivity index (χ3n) is 7.67. The lowest BCUT2D eigenvalue weighted by Crippen LogP contribution is -2.44. The number of halogens is 1. The maximum atomic E-state index is 15.9. The molecule has 0 bridgehead atoms. The molecule has 4 aromatic heterocycles. The molecule has 256 valence electrons. The van der Waals surface area contributed by atoms with E-state index in [-0.39, 0.29) is 29.5 Å². The maximum absolute atomic E-state index is 15.9. The van der Waals surface area contributed by atoms with Gasteiger partial charge in [-0.15, -0.1) is 12.2 Å². The Morgan fingerprint density at radius 2 is 1.89 bits per heavy atom. The predicted molar refractivity (Wildman–Crippen MR) is 174 cm³/mol. The first kappa shape index (κ1) is 34.6. The van der Waals surface area contributed by atoms with E-state index in [9.17, 15) is 14.8 Å². The van der Waals surface area contributed by atoms with Crippen molar-refractivity contribution in [3.05, 3.63) is 29.3 Å². The Labute approximate surface area is 280 Å². The molecule has 0 saturated carbocycles. The summed E-state index contributed by atoms with van der Waals surface area (Å²) in [5.74, 6) is -0.0819. The fourth-order valence-electron chi connectivity index (χ4n) is 5.39. The van der Waals surface area contributed by atoms with Crippen molar-refractivity contribution in [3.63, 3.8) is 0 Å². The van der Waals surface area contributed by atoms with E-state index in [1.165, 1.54) is 42.1 Å². The smallest absolute Gasteiger partial charge is 0.325 e. The van der Waals surface area contributed by atoms with E-state index in [2.05, 4.69) is 42.2 Å². The molecule has 7 N–H and O–H groups in total. The van der Waals surface area contributed by atoms with Crippen LogP contribution in [0.4, 0.5) is 16.2 Å². The monoisotopic (exact) mass is 754 g/mol. The Morgan fingerprint density at radius 3 is 2.60 bits per heavy atom. The van der Waals surface area contributed by atoms with Crippen LogP contribution in [-0.4, -0.2) is 106 Å². The van der Waals surface area contributed by atoms with E-state index in [4.69, 9.17) is 62.9 Å². The molecule has 2 aliphatic rings. The first-order valence-corrected chi connectivity index (χ1v) is 20.0. The number of ether oxygens (including phenoxy) is 3. The van der Waals surface area contributed by atoms with Crippen LogP contribution >= 0.6 is 25.1 Å². The van der Waals surface area contributed by atoms with Gasteiger partial charge in [0, 0.05) is 7.11 Å². The number of thiol groups is 1. The second kappa shape index (κ2) is 13.2. The summed E-state index contributed by atoms with van der Waals surface area (Å²) in [6.07, 6.45) is -7.55. The molecule has 19 nitrogen and oxygen atoms in total. The zero-order chi connectivity index (χ0) is 33.8. The molecular weight excluding hydrogens is 725 g/mol. The molecule has 4 aromatic rings. The SMILES string of the molecule is CO[C@H]1[C@@H](n2cnc3c(N)ncnc32)O[C@](C)(COP(O)(=S)O[C@@H]2[C@@H](F)[C@@H](CO[PH](=S)S)O[C@H]2n2cnc3c(=O)[nH]c(N)nc32)[C@H]1O. The number of nitrogens with two attached hydrogens (primary N) is 2. The van der Waals surface area contributed by atoms with E-state index in [0.717, 1.165) is 0 Å². The largest absolute Gasteiger partial charge is 0.387 e. The minimum atomic E-state index is -4.33. The van der Waals surface area contributed by atoms with Crippen molar-refractivity contribution < 1.29 is 42.2 Å². The van der Waals surface area contributed by atoms with E-state index in [1.54, 1.807) is 0 Å². The van der Waals surface area contributed by atoms with Gasteiger partial charge in [-0.3, -0.25) is 23.4 Å². The van der Waals surface area contributed by atoms with Crippen LogP contribution in [0.1, 0.15) is 19.4 Å².